The number of carbonyl (C=O) groups is 2. The van der Waals surface area contributed by atoms with E-state index in [0.717, 1.165) is 0 Å². The van der Waals surface area contributed by atoms with Gasteiger partial charge in [-0.1, -0.05) is 6.92 Å². The third kappa shape index (κ3) is 5.28. The van der Waals surface area contributed by atoms with E-state index >= 15 is 0 Å². The van der Waals surface area contributed by atoms with E-state index < -0.39 is 10.0 Å². The molecule has 1 aromatic carbocycles. The zero-order valence-corrected chi connectivity index (χ0v) is 17.9. The number of furan rings is 1. The fourth-order valence-electron chi connectivity index (χ4n) is 3.28. The number of carbonyl (C=O) groups excluding carboxylic acids is 2. The van der Waals surface area contributed by atoms with Crippen LogP contribution in [-0.4, -0.2) is 44.3 Å². The van der Waals surface area contributed by atoms with Crippen LogP contribution >= 0.6 is 0 Å². The van der Waals surface area contributed by atoms with Gasteiger partial charge in [0.1, 0.15) is 0 Å². The zero-order chi connectivity index (χ0) is 21.7. The molecule has 30 heavy (non-hydrogen) atoms. The van der Waals surface area contributed by atoms with Crippen LogP contribution in [0.4, 0.5) is 5.69 Å². The molecule has 0 aliphatic carbocycles. The van der Waals surface area contributed by atoms with Gasteiger partial charge in [-0.05, 0) is 62.6 Å². The molecule has 2 amide bonds. The number of benzene rings is 1. The Balaban J connectivity index is 1.53. The maximum atomic E-state index is 12.6. The molecule has 9 heteroatoms. The molecular weight excluding hydrogens is 406 g/mol. The zero-order valence-electron chi connectivity index (χ0n) is 17.1. The molecule has 0 saturated carbocycles. The van der Waals surface area contributed by atoms with Crippen LogP contribution in [0.3, 0.4) is 0 Å². The normalized spacial score (nSPS) is 16.3. The molecule has 2 aromatic rings. The Morgan fingerprint density at radius 1 is 1.17 bits per heavy atom. The Kier molecular flexibility index (Phi) is 6.94. The van der Waals surface area contributed by atoms with Crippen LogP contribution < -0.4 is 10.0 Å². The molecule has 2 heterocycles. The first-order valence-electron chi connectivity index (χ1n) is 10.1. The van der Waals surface area contributed by atoms with Crippen LogP contribution in [0.1, 0.15) is 43.7 Å². The van der Waals surface area contributed by atoms with Gasteiger partial charge in [0.2, 0.25) is 15.9 Å². The summed E-state index contributed by atoms with van der Waals surface area (Å²) in [6.45, 7) is 4.68. The van der Waals surface area contributed by atoms with Crippen molar-refractivity contribution >= 4 is 27.5 Å². The minimum absolute atomic E-state index is 0.131. The van der Waals surface area contributed by atoms with Gasteiger partial charge in [-0.15, -0.1) is 0 Å². The molecule has 1 aromatic heterocycles. The number of rotatable bonds is 7. The van der Waals surface area contributed by atoms with E-state index in [9.17, 15) is 18.0 Å². The van der Waals surface area contributed by atoms with Gasteiger partial charge in [0.25, 0.3) is 5.91 Å². The average molecular weight is 434 g/mol. The van der Waals surface area contributed by atoms with Gasteiger partial charge in [0, 0.05) is 30.7 Å². The molecule has 3 rings (SSSR count). The highest BCUT2D eigenvalue weighted by atomic mass is 32.2. The molecule has 0 radical (unpaired) electrons. The minimum atomic E-state index is -3.58. The first-order valence-corrected chi connectivity index (χ1v) is 11.5. The minimum Gasteiger partial charge on any atom is -0.459 e. The number of hydrogen-bond acceptors (Lipinski definition) is 5. The highest BCUT2D eigenvalue weighted by Crippen LogP contribution is 2.22. The Labute approximate surface area is 176 Å². The van der Waals surface area contributed by atoms with Crippen LogP contribution in [0.25, 0.3) is 0 Å². The lowest BCUT2D eigenvalue weighted by atomic mass is 9.95. The summed E-state index contributed by atoms with van der Waals surface area (Å²) in [4.78, 5) is 26.7. The van der Waals surface area contributed by atoms with Crippen LogP contribution in [0.5, 0.6) is 0 Å². The summed E-state index contributed by atoms with van der Waals surface area (Å²) in [5, 5.41) is 2.84. The second kappa shape index (κ2) is 9.44. The van der Waals surface area contributed by atoms with Gasteiger partial charge < -0.3 is 14.6 Å². The summed E-state index contributed by atoms with van der Waals surface area (Å²) in [6, 6.07) is 9.26. The molecular formula is C21H27N3O5S. The van der Waals surface area contributed by atoms with Gasteiger partial charge in [-0.25, -0.2) is 13.1 Å². The fourth-order valence-corrected chi connectivity index (χ4v) is 4.61. The summed E-state index contributed by atoms with van der Waals surface area (Å²) < 4.78 is 32.4. The van der Waals surface area contributed by atoms with Crippen LogP contribution in [0, 0.1) is 5.92 Å². The van der Waals surface area contributed by atoms with Gasteiger partial charge in [-0.3, -0.25) is 9.59 Å². The number of nitrogens with one attached hydrogen (secondary N) is 2. The number of piperidine rings is 1. The molecule has 1 aliphatic rings. The predicted octanol–water partition coefficient (Wildman–Crippen LogP) is 2.85. The van der Waals surface area contributed by atoms with Crippen molar-refractivity contribution in [1.29, 1.82) is 0 Å². The van der Waals surface area contributed by atoms with Gasteiger partial charge >= 0.3 is 0 Å². The highest BCUT2D eigenvalue weighted by Gasteiger charge is 2.28. The first-order chi connectivity index (χ1) is 14.3. The molecule has 1 aliphatic heterocycles. The Hall–Kier alpha value is -2.65. The van der Waals surface area contributed by atoms with E-state index in [4.69, 9.17) is 4.42 Å². The maximum Gasteiger partial charge on any atom is 0.289 e. The average Bonchev–Trinajstić information content (AvgIpc) is 3.28. The van der Waals surface area contributed by atoms with Crippen molar-refractivity contribution in [3.8, 4) is 0 Å². The lowest BCUT2D eigenvalue weighted by Crippen LogP contribution is -2.41. The smallest absolute Gasteiger partial charge is 0.289 e. The maximum absolute atomic E-state index is 12.6. The second-order valence-electron chi connectivity index (χ2n) is 7.49. The number of amides is 2. The SMILES string of the molecule is CC[C@@H](C)NS(=O)(=O)c1ccc(NC(=O)C2CCN(C(=O)c3ccco3)CC2)cc1. The largest absolute Gasteiger partial charge is 0.459 e. The van der Waals surface area contributed by atoms with Crippen LogP contribution in [0.15, 0.2) is 52.0 Å². The van der Waals surface area contributed by atoms with Crippen molar-refractivity contribution in [2.24, 2.45) is 5.92 Å². The van der Waals surface area contributed by atoms with Gasteiger partial charge in [0.05, 0.1) is 11.2 Å². The van der Waals surface area contributed by atoms with E-state index in [2.05, 4.69) is 10.0 Å². The number of sulfonamides is 1. The molecule has 8 nitrogen and oxygen atoms in total. The molecule has 162 valence electrons. The van der Waals surface area contributed by atoms with Crippen LogP contribution in [-0.2, 0) is 14.8 Å². The molecule has 1 fully saturated rings. The lowest BCUT2D eigenvalue weighted by Gasteiger charge is -2.30. The van der Waals surface area contributed by atoms with E-state index in [1.165, 1.54) is 18.4 Å². The molecule has 0 unspecified atom stereocenters. The summed E-state index contributed by atoms with van der Waals surface area (Å²) in [6.07, 6.45) is 3.27. The molecule has 0 bridgehead atoms. The van der Waals surface area contributed by atoms with E-state index in [1.807, 2.05) is 6.92 Å². The third-order valence-electron chi connectivity index (χ3n) is 5.29. The van der Waals surface area contributed by atoms with Crippen molar-refractivity contribution in [2.45, 2.75) is 44.0 Å². The summed E-state index contributed by atoms with van der Waals surface area (Å²) >= 11 is 0. The second-order valence-corrected chi connectivity index (χ2v) is 9.20. The Bertz CT molecular complexity index is 963. The number of nitrogens with zero attached hydrogens (tertiary/aromatic N) is 1. The van der Waals surface area contributed by atoms with E-state index in [0.29, 0.717) is 43.8 Å². The summed E-state index contributed by atoms with van der Waals surface area (Å²) in [5.74, 6) is -0.202. The number of hydrogen-bond donors (Lipinski definition) is 2. The highest BCUT2D eigenvalue weighted by molar-refractivity contribution is 7.89. The molecule has 0 spiro atoms. The first kappa shape index (κ1) is 22.0. The Morgan fingerprint density at radius 3 is 2.40 bits per heavy atom. The predicted molar refractivity (Wildman–Crippen MR) is 112 cm³/mol. The van der Waals surface area contributed by atoms with Crippen LogP contribution in [0.2, 0.25) is 0 Å². The fraction of sp³-hybridized carbons (Fsp3) is 0.429. The van der Waals surface area contributed by atoms with Gasteiger partial charge in [0.15, 0.2) is 5.76 Å². The van der Waals surface area contributed by atoms with Crippen molar-refractivity contribution in [3.05, 3.63) is 48.4 Å². The lowest BCUT2D eigenvalue weighted by molar-refractivity contribution is -0.121. The molecule has 1 atom stereocenters. The quantitative estimate of drug-likeness (QED) is 0.698. The van der Waals surface area contributed by atoms with Crippen molar-refractivity contribution in [2.75, 3.05) is 18.4 Å². The summed E-state index contributed by atoms with van der Waals surface area (Å²) in [7, 11) is -3.58. The monoisotopic (exact) mass is 433 g/mol. The van der Waals surface area contributed by atoms with E-state index in [-0.39, 0.29) is 28.7 Å². The third-order valence-corrected chi connectivity index (χ3v) is 6.89. The van der Waals surface area contributed by atoms with E-state index in [1.54, 1.807) is 36.1 Å². The van der Waals surface area contributed by atoms with Crippen molar-refractivity contribution < 1.29 is 22.4 Å². The molecule has 1 saturated heterocycles. The summed E-state index contributed by atoms with van der Waals surface area (Å²) in [5.41, 5.74) is 0.539. The van der Waals surface area contributed by atoms with Gasteiger partial charge in [-0.2, -0.15) is 0 Å². The standard InChI is InChI=1S/C21H27N3O5S/c1-3-15(2)23-30(27,28)18-8-6-17(7-9-18)22-20(25)16-10-12-24(13-11-16)21(26)19-5-4-14-29-19/h4-9,14-16,23H,3,10-13H2,1-2H3,(H,22,25)/t15-/m1/s1. The van der Waals surface area contributed by atoms with Crippen molar-refractivity contribution in [3.63, 3.8) is 0 Å². The van der Waals surface area contributed by atoms with Crippen molar-refractivity contribution in [1.82, 2.24) is 9.62 Å². The number of likely N-dealkylation sites (tertiary alicyclic amines) is 1. The number of anilines is 1. The molecule has 2 N–H and O–H groups in total. The topological polar surface area (TPSA) is 109 Å². The Morgan fingerprint density at radius 2 is 1.83 bits per heavy atom.